The highest BCUT2D eigenvalue weighted by Crippen LogP contribution is 2.22. The lowest BCUT2D eigenvalue weighted by Crippen LogP contribution is -1.90. The van der Waals surface area contributed by atoms with Gasteiger partial charge in [0.2, 0.25) is 0 Å². The van der Waals surface area contributed by atoms with Crippen molar-refractivity contribution in [3.05, 3.63) is 23.8 Å². The molecule has 1 aromatic carbocycles. The smallest absolute Gasteiger partial charge is 0.261 e. The average molecular weight is 207 g/mol. The Morgan fingerprint density at radius 1 is 1.42 bits per heavy atom. The zero-order valence-corrected chi connectivity index (χ0v) is 7.85. The molecule has 0 atom stereocenters. The highest BCUT2D eigenvalue weighted by molar-refractivity contribution is 8.13. The second kappa shape index (κ2) is 2.95. The van der Waals surface area contributed by atoms with Crippen molar-refractivity contribution in [3.8, 4) is 5.75 Å². The summed E-state index contributed by atoms with van der Waals surface area (Å²) in [6.45, 7) is 1.67. The molecule has 0 heterocycles. The Labute approximate surface area is 75.0 Å². The molecule has 1 rings (SSSR count). The molecule has 12 heavy (non-hydrogen) atoms. The molecule has 66 valence electrons. The van der Waals surface area contributed by atoms with Crippen LogP contribution in [0.25, 0.3) is 0 Å². The van der Waals surface area contributed by atoms with Crippen LogP contribution in [0.2, 0.25) is 0 Å². The van der Waals surface area contributed by atoms with Gasteiger partial charge in [0.25, 0.3) is 9.05 Å². The van der Waals surface area contributed by atoms with E-state index in [9.17, 15) is 8.42 Å². The van der Waals surface area contributed by atoms with Crippen molar-refractivity contribution in [1.29, 1.82) is 0 Å². The van der Waals surface area contributed by atoms with Crippen LogP contribution < -0.4 is 0 Å². The van der Waals surface area contributed by atoms with Crippen LogP contribution in [0.15, 0.2) is 23.1 Å². The summed E-state index contributed by atoms with van der Waals surface area (Å²) < 4.78 is 21.5. The van der Waals surface area contributed by atoms with Crippen LogP contribution in [0.3, 0.4) is 0 Å². The molecular formula is C7H7ClO3S. The van der Waals surface area contributed by atoms with Crippen LogP contribution in [0, 0.1) is 6.92 Å². The first-order valence-electron chi connectivity index (χ1n) is 3.15. The summed E-state index contributed by atoms with van der Waals surface area (Å²) in [4.78, 5) is -0.0905. The molecule has 0 amide bonds. The van der Waals surface area contributed by atoms with E-state index in [1.165, 1.54) is 12.1 Å². The molecule has 3 nitrogen and oxygen atoms in total. The topological polar surface area (TPSA) is 54.4 Å². The molecule has 1 N–H and O–H groups in total. The van der Waals surface area contributed by atoms with E-state index in [2.05, 4.69) is 0 Å². The first kappa shape index (κ1) is 9.35. The third-order valence-electron chi connectivity index (χ3n) is 1.46. The van der Waals surface area contributed by atoms with Crippen molar-refractivity contribution < 1.29 is 13.5 Å². The molecule has 0 aliphatic carbocycles. The van der Waals surface area contributed by atoms with Gasteiger partial charge in [-0.1, -0.05) is 6.07 Å². The maximum absolute atomic E-state index is 10.8. The molecule has 0 aliphatic heterocycles. The summed E-state index contributed by atoms with van der Waals surface area (Å²) in [7, 11) is 1.31. The number of hydrogen-bond donors (Lipinski definition) is 1. The minimum Gasteiger partial charge on any atom is -0.508 e. The van der Waals surface area contributed by atoms with Crippen LogP contribution in [0.4, 0.5) is 0 Å². The maximum Gasteiger partial charge on any atom is 0.261 e. The Hall–Kier alpha value is -0.740. The summed E-state index contributed by atoms with van der Waals surface area (Å²) in [6, 6.07) is 3.96. The summed E-state index contributed by atoms with van der Waals surface area (Å²) in [5.74, 6) is -0.0725. The van der Waals surface area contributed by atoms with E-state index >= 15 is 0 Å². The van der Waals surface area contributed by atoms with Gasteiger partial charge in [0.05, 0.1) is 4.90 Å². The van der Waals surface area contributed by atoms with Crippen molar-refractivity contribution in [2.24, 2.45) is 0 Å². The van der Waals surface area contributed by atoms with E-state index in [1.807, 2.05) is 0 Å². The van der Waals surface area contributed by atoms with Crippen LogP contribution in [-0.4, -0.2) is 13.5 Å². The number of hydrogen-bond acceptors (Lipinski definition) is 3. The number of phenols is 1. The fourth-order valence-corrected chi connectivity index (χ4v) is 1.51. The molecule has 0 saturated carbocycles. The van der Waals surface area contributed by atoms with E-state index < -0.39 is 9.05 Å². The number of halogens is 1. The third kappa shape index (κ3) is 1.89. The lowest BCUT2D eigenvalue weighted by Gasteiger charge is -1.99. The lowest BCUT2D eigenvalue weighted by atomic mass is 10.2. The number of rotatable bonds is 1. The van der Waals surface area contributed by atoms with Gasteiger partial charge in [-0.15, -0.1) is 0 Å². The SMILES string of the molecule is Cc1ccc(S(=O)(=O)Cl)cc1O. The number of benzene rings is 1. The zero-order valence-electron chi connectivity index (χ0n) is 6.28. The Kier molecular flexibility index (Phi) is 2.30. The van der Waals surface area contributed by atoms with E-state index in [-0.39, 0.29) is 10.6 Å². The van der Waals surface area contributed by atoms with E-state index in [4.69, 9.17) is 15.8 Å². The molecular weight excluding hydrogens is 200 g/mol. The molecule has 0 aliphatic rings. The average Bonchev–Trinajstić information content (AvgIpc) is 1.92. The number of phenolic OH excluding ortho intramolecular Hbond substituents is 1. The van der Waals surface area contributed by atoms with Crippen molar-refractivity contribution >= 4 is 19.7 Å². The van der Waals surface area contributed by atoms with Crippen molar-refractivity contribution in [2.45, 2.75) is 11.8 Å². The Balaban J connectivity index is 3.33. The standard InChI is InChI=1S/C7H7ClO3S/c1-5-2-3-6(4-7(5)9)12(8,10)11/h2-4,9H,1H3. The van der Waals surface area contributed by atoms with Gasteiger partial charge in [0.15, 0.2) is 0 Å². The molecule has 1 aromatic rings. The summed E-state index contributed by atoms with van der Waals surface area (Å²) >= 11 is 0. The van der Waals surface area contributed by atoms with Gasteiger partial charge in [-0.3, -0.25) is 0 Å². The van der Waals surface area contributed by atoms with Gasteiger partial charge in [0.1, 0.15) is 5.75 Å². The van der Waals surface area contributed by atoms with Gasteiger partial charge in [-0.25, -0.2) is 8.42 Å². The molecule has 0 aromatic heterocycles. The molecule has 5 heteroatoms. The summed E-state index contributed by atoms with van der Waals surface area (Å²) in [5.41, 5.74) is 0.610. The Bertz CT molecular complexity index is 397. The van der Waals surface area contributed by atoms with E-state index in [1.54, 1.807) is 6.92 Å². The molecule has 0 unspecified atom stereocenters. The maximum atomic E-state index is 10.8. The molecule has 0 saturated heterocycles. The molecule has 0 fully saturated rings. The Morgan fingerprint density at radius 3 is 2.42 bits per heavy atom. The monoisotopic (exact) mass is 206 g/mol. The van der Waals surface area contributed by atoms with E-state index in [0.29, 0.717) is 5.56 Å². The Morgan fingerprint density at radius 2 is 2.00 bits per heavy atom. The van der Waals surface area contributed by atoms with Gasteiger partial charge in [-0.2, -0.15) is 0 Å². The fraction of sp³-hybridized carbons (Fsp3) is 0.143. The number of aromatic hydroxyl groups is 1. The highest BCUT2D eigenvalue weighted by atomic mass is 35.7. The first-order valence-corrected chi connectivity index (χ1v) is 5.46. The molecule has 0 spiro atoms. The second-order valence-electron chi connectivity index (χ2n) is 2.39. The summed E-state index contributed by atoms with van der Waals surface area (Å²) in [5, 5.41) is 9.14. The fourth-order valence-electron chi connectivity index (χ4n) is 0.741. The van der Waals surface area contributed by atoms with Crippen LogP contribution in [0.5, 0.6) is 5.75 Å². The highest BCUT2D eigenvalue weighted by Gasteiger charge is 2.10. The third-order valence-corrected chi connectivity index (χ3v) is 2.81. The summed E-state index contributed by atoms with van der Waals surface area (Å²) in [6.07, 6.45) is 0. The molecule has 0 bridgehead atoms. The van der Waals surface area contributed by atoms with Crippen molar-refractivity contribution in [2.75, 3.05) is 0 Å². The quantitative estimate of drug-likeness (QED) is 0.711. The largest absolute Gasteiger partial charge is 0.508 e. The number of aryl methyl sites for hydroxylation is 1. The van der Waals surface area contributed by atoms with Crippen LogP contribution in [0.1, 0.15) is 5.56 Å². The van der Waals surface area contributed by atoms with Gasteiger partial charge in [-0.05, 0) is 18.6 Å². The van der Waals surface area contributed by atoms with Gasteiger partial charge < -0.3 is 5.11 Å². The zero-order chi connectivity index (χ0) is 9.35. The van der Waals surface area contributed by atoms with Crippen LogP contribution >= 0.6 is 10.7 Å². The van der Waals surface area contributed by atoms with Crippen molar-refractivity contribution in [3.63, 3.8) is 0 Å². The minimum absolute atomic E-state index is 0.0725. The van der Waals surface area contributed by atoms with Gasteiger partial charge >= 0.3 is 0 Å². The van der Waals surface area contributed by atoms with E-state index in [0.717, 1.165) is 6.07 Å². The minimum atomic E-state index is -3.73. The second-order valence-corrected chi connectivity index (χ2v) is 4.95. The predicted octanol–water partition coefficient (Wildman–Crippen LogP) is 1.63. The normalized spacial score (nSPS) is 11.5. The molecule has 0 radical (unpaired) electrons. The lowest BCUT2D eigenvalue weighted by molar-refractivity contribution is 0.469. The van der Waals surface area contributed by atoms with Crippen molar-refractivity contribution in [1.82, 2.24) is 0 Å². The first-order chi connectivity index (χ1) is 5.41. The predicted molar refractivity (Wildman–Crippen MR) is 45.9 cm³/mol. The van der Waals surface area contributed by atoms with Crippen LogP contribution in [-0.2, 0) is 9.05 Å². The van der Waals surface area contributed by atoms with Gasteiger partial charge in [0, 0.05) is 16.7 Å².